The molecule has 96 valence electrons. The normalized spacial score (nSPS) is 13.0. The molecule has 0 bridgehead atoms. The zero-order valence-corrected chi connectivity index (χ0v) is 11.5. The molecule has 0 spiro atoms. The Balaban J connectivity index is 2.25. The number of nitrogens with two attached hydrogens (primary N) is 1. The molecular formula is C16H21NO. The lowest BCUT2D eigenvalue weighted by atomic mass is 9.98. The Morgan fingerprint density at radius 1 is 1.00 bits per heavy atom. The Morgan fingerprint density at radius 2 is 1.56 bits per heavy atom. The van der Waals surface area contributed by atoms with Crippen LogP contribution in [0.25, 0.3) is 0 Å². The van der Waals surface area contributed by atoms with Crippen molar-refractivity contribution >= 4 is 0 Å². The Hall–Kier alpha value is -1.54. The first-order valence-corrected chi connectivity index (χ1v) is 6.41. The van der Waals surface area contributed by atoms with Crippen molar-refractivity contribution in [2.24, 2.45) is 5.73 Å². The van der Waals surface area contributed by atoms with Crippen LogP contribution in [-0.4, -0.2) is 0 Å². The second-order valence-electron chi connectivity index (χ2n) is 5.19. The Bertz CT molecular complexity index is 503. The van der Waals surface area contributed by atoms with E-state index in [-0.39, 0.29) is 6.04 Å². The fraction of sp³-hybridized carbons (Fsp3) is 0.375. The molecule has 2 nitrogen and oxygen atoms in total. The highest BCUT2D eigenvalue weighted by Gasteiger charge is 2.14. The maximum Gasteiger partial charge on any atom is 0.125 e. The lowest BCUT2D eigenvalue weighted by Crippen LogP contribution is -2.10. The molecule has 0 amide bonds. The molecule has 2 heteroatoms. The molecule has 1 aromatic heterocycles. The summed E-state index contributed by atoms with van der Waals surface area (Å²) < 4.78 is 5.68. The van der Waals surface area contributed by atoms with Crippen LogP contribution in [0.3, 0.4) is 0 Å². The monoisotopic (exact) mass is 243 g/mol. The number of hydrogen-bond acceptors (Lipinski definition) is 2. The van der Waals surface area contributed by atoms with Gasteiger partial charge >= 0.3 is 0 Å². The van der Waals surface area contributed by atoms with Crippen LogP contribution in [0.4, 0.5) is 0 Å². The molecule has 0 radical (unpaired) electrons. The molecule has 1 heterocycles. The fourth-order valence-corrected chi connectivity index (χ4v) is 2.01. The van der Waals surface area contributed by atoms with Gasteiger partial charge in [0.05, 0.1) is 6.04 Å². The smallest absolute Gasteiger partial charge is 0.125 e. The van der Waals surface area contributed by atoms with E-state index in [4.69, 9.17) is 10.2 Å². The number of furan rings is 1. The van der Waals surface area contributed by atoms with Crippen molar-refractivity contribution in [1.82, 2.24) is 0 Å². The quantitative estimate of drug-likeness (QED) is 0.882. The molecule has 1 aromatic carbocycles. The van der Waals surface area contributed by atoms with Gasteiger partial charge in [0.15, 0.2) is 0 Å². The lowest BCUT2D eigenvalue weighted by Gasteiger charge is -2.11. The van der Waals surface area contributed by atoms with Gasteiger partial charge in [-0.2, -0.15) is 0 Å². The zero-order valence-electron chi connectivity index (χ0n) is 11.5. The number of rotatable bonds is 3. The SMILES string of the molecule is Cc1cc(C(N)c2ccc(C(C)C)cc2)oc1C. The summed E-state index contributed by atoms with van der Waals surface area (Å²) in [4.78, 5) is 0. The van der Waals surface area contributed by atoms with E-state index in [9.17, 15) is 0 Å². The van der Waals surface area contributed by atoms with Crippen LogP contribution >= 0.6 is 0 Å². The number of hydrogen-bond donors (Lipinski definition) is 1. The average Bonchev–Trinajstić information content (AvgIpc) is 2.69. The second kappa shape index (κ2) is 4.99. The highest BCUT2D eigenvalue weighted by atomic mass is 16.3. The first-order valence-electron chi connectivity index (χ1n) is 6.41. The van der Waals surface area contributed by atoms with Crippen molar-refractivity contribution < 1.29 is 4.42 Å². The van der Waals surface area contributed by atoms with Gasteiger partial charge in [0.2, 0.25) is 0 Å². The first-order chi connectivity index (χ1) is 8.49. The van der Waals surface area contributed by atoms with E-state index in [0.29, 0.717) is 5.92 Å². The van der Waals surface area contributed by atoms with Crippen molar-refractivity contribution in [3.8, 4) is 0 Å². The lowest BCUT2D eigenvalue weighted by molar-refractivity contribution is 0.465. The van der Waals surface area contributed by atoms with E-state index >= 15 is 0 Å². The summed E-state index contributed by atoms with van der Waals surface area (Å²) in [7, 11) is 0. The molecule has 2 N–H and O–H groups in total. The van der Waals surface area contributed by atoms with E-state index < -0.39 is 0 Å². The van der Waals surface area contributed by atoms with Crippen molar-refractivity contribution in [2.45, 2.75) is 39.7 Å². The van der Waals surface area contributed by atoms with E-state index in [2.05, 4.69) is 38.1 Å². The molecule has 0 fully saturated rings. The van der Waals surface area contributed by atoms with E-state index in [1.165, 1.54) is 5.56 Å². The zero-order chi connectivity index (χ0) is 13.3. The van der Waals surface area contributed by atoms with Crippen molar-refractivity contribution in [3.63, 3.8) is 0 Å². The molecule has 0 saturated carbocycles. The highest BCUT2D eigenvalue weighted by Crippen LogP contribution is 2.25. The summed E-state index contributed by atoms with van der Waals surface area (Å²) in [5, 5.41) is 0. The van der Waals surface area contributed by atoms with Gasteiger partial charge in [-0.1, -0.05) is 38.1 Å². The molecule has 1 unspecified atom stereocenters. The van der Waals surface area contributed by atoms with E-state index in [0.717, 1.165) is 22.6 Å². The maximum absolute atomic E-state index is 6.23. The average molecular weight is 243 g/mol. The van der Waals surface area contributed by atoms with Crippen LogP contribution in [0.15, 0.2) is 34.7 Å². The van der Waals surface area contributed by atoms with Gasteiger partial charge in [0, 0.05) is 0 Å². The molecule has 0 saturated heterocycles. The van der Waals surface area contributed by atoms with Crippen LogP contribution in [0.5, 0.6) is 0 Å². The molecule has 2 aromatic rings. The van der Waals surface area contributed by atoms with Crippen molar-refractivity contribution in [1.29, 1.82) is 0 Å². The van der Waals surface area contributed by atoms with Crippen LogP contribution in [0.1, 0.15) is 54.0 Å². The molecule has 18 heavy (non-hydrogen) atoms. The summed E-state index contributed by atoms with van der Waals surface area (Å²) >= 11 is 0. The molecule has 1 atom stereocenters. The van der Waals surface area contributed by atoms with Gasteiger partial charge in [-0.25, -0.2) is 0 Å². The maximum atomic E-state index is 6.23. The predicted octanol–water partition coefficient (Wildman–Crippen LogP) is 4.07. The van der Waals surface area contributed by atoms with Crippen LogP contribution in [-0.2, 0) is 0 Å². The van der Waals surface area contributed by atoms with Crippen molar-refractivity contribution in [2.75, 3.05) is 0 Å². The Labute approximate surface area is 109 Å². The Morgan fingerprint density at radius 3 is 2.00 bits per heavy atom. The minimum Gasteiger partial charge on any atom is -0.464 e. The summed E-state index contributed by atoms with van der Waals surface area (Å²) in [6.45, 7) is 8.38. The minimum atomic E-state index is -0.182. The van der Waals surface area contributed by atoms with Crippen LogP contribution in [0, 0.1) is 13.8 Å². The van der Waals surface area contributed by atoms with E-state index in [1.54, 1.807) is 0 Å². The van der Waals surface area contributed by atoms with Crippen molar-refractivity contribution in [3.05, 3.63) is 58.5 Å². The molecular weight excluding hydrogens is 222 g/mol. The van der Waals surface area contributed by atoms with Gasteiger partial charge in [0.25, 0.3) is 0 Å². The third-order valence-corrected chi connectivity index (χ3v) is 3.45. The van der Waals surface area contributed by atoms with Gasteiger partial charge in [-0.15, -0.1) is 0 Å². The second-order valence-corrected chi connectivity index (χ2v) is 5.19. The third-order valence-electron chi connectivity index (χ3n) is 3.45. The van der Waals surface area contributed by atoms with Gasteiger partial charge in [0.1, 0.15) is 11.5 Å². The summed E-state index contributed by atoms with van der Waals surface area (Å²) in [5.74, 6) is 2.32. The largest absolute Gasteiger partial charge is 0.464 e. The molecule has 2 rings (SSSR count). The van der Waals surface area contributed by atoms with Crippen LogP contribution < -0.4 is 5.73 Å². The minimum absolute atomic E-state index is 0.182. The van der Waals surface area contributed by atoms with Crippen LogP contribution in [0.2, 0.25) is 0 Å². The summed E-state index contributed by atoms with van der Waals surface area (Å²) in [6, 6.07) is 10.3. The first kappa shape index (κ1) is 12.9. The van der Waals surface area contributed by atoms with Gasteiger partial charge < -0.3 is 10.2 Å². The number of benzene rings is 1. The topological polar surface area (TPSA) is 39.2 Å². The third kappa shape index (κ3) is 2.49. The van der Waals surface area contributed by atoms with Gasteiger partial charge in [-0.3, -0.25) is 0 Å². The predicted molar refractivity (Wildman–Crippen MR) is 74.7 cm³/mol. The summed E-state index contributed by atoms with van der Waals surface area (Å²) in [5.41, 5.74) is 9.81. The Kier molecular flexibility index (Phi) is 3.58. The molecule has 0 aliphatic rings. The highest BCUT2D eigenvalue weighted by molar-refractivity contribution is 5.32. The summed E-state index contributed by atoms with van der Waals surface area (Å²) in [6.07, 6.45) is 0. The van der Waals surface area contributed by atoms with Gasteiger partial charge in [-0.05, 0) is 42.5 Å². The van der Waals surface area contributed by atoms with E-state index in [1.807, 2.05) is 19.9 Å². The fourth-order valence-electron chi connectivity index (χ4n) is 2.01. The number of aryl methyl sites for hydroxylation is 2. The molecule has 0 aliphatic carbocycles. The molecule has 0 aliphatic heterocycles. The standard InChI is InChI=1S/C16H21NO/c1-10(2)13-5-7-14(8-6-13)16(17)15-9-11(3)12(4)18-15/h5-10,16H,17H2,1-4H3.